The first-order chi connectivity index (χ1) is 14.9. The molecular weight excluding hydrogens is 436 g/mol. The summed E-state index contributed by atoms with van der Waals surface area (Å²) in [6, 6.07) is 7.17. The number of anilines is 1. The van der Waals surface area contributed by atoms with Crippen LogP contribution in [0.15, 0.2) is 48.4 Å². The molecule has 5 rings (SSSR count). The molecule has 0 amide bonds. The number of hydrogen-bond donors (Lipinski definition) is 1. The SMILES string of the molecule is CC(Cc1cc(F)c2cc(Cl)c(N)nc2c1)C1=CC(n2ccc3c(Cl)ncnc32)CC1. The Morgan fingerprint density at radius 2 is 2.06 bits per heavy atom. The quantitative estimate of drug-likeness (QED) is 0.296. The Hall–Kier alpha value is -2.70. The fraction of sp³-hybridized carbons (Fsp3) is 0.261. The maximum Gasteiger partial charge on any atom is 0.145 e. The first-order valence-corrected chi connectivity index (χ1v) is 10.9. The van der Waals surface area contributed by atoms with Gasteiger partial charge < -0.3 is 10.3 Å². The number of allylic oxidation sites excluding steroid dienone is 2. The molecule has 0 saturated carbocycles. The number of rotatable bonds is 4. The highest BCUT2D eigenvalue weighted by atomic mass is 35.5. The molecule has 2 N–H and O–H groups in total. The van der Waals surface area contributed by atoms with E-state index in [-0.39, 0.29) is 28.6 Å². The Morgan fingerprint density at radius 1 is 1.23 bits per heavy atom. The van der Waals surface area contributed by atoms with Crippen LogP contribution >= 0.6 is 23.2 Å². The summed E-state index contributed by atoms with van der Waals surface area (Å²) in [5, 5.41) is 1.97. The van der Waals surface area contributed by atoms with Crippen molar-refractivity contribution < 1.29 is 4.39 Å². The largest absolute Gasteiger partial charge is 0.382 e. The van der Waals surface area contributed by atoms with E-state index in [9.17, 15) is 4.39 Å². The molecule has 0 saturated heterocycles. The van der Waals surface area contributed by atoms with Crippen molar-refractivity contribution in [2.75, 3.05) is 5.73 Å². The molecular formula is C23H20Cl2FN5. The highest BCUT2D eigenvalue weighted by Crippen LogP contribution is 2.36. The zero-order chi connectivity index (χ0) is 21.7. The molecule has 3 aromatic heterocycles. The zero-order valence-electron chi connectivity index (χ0n) is 16.8. The molecule has 2 atom stereocenters. The molecule has 0 spiro atoms. The lowest BCUT2D eigenvalue weighted by atomic mass is 9.92. The predicted molar refractivity (Wildman–Crippen MR) is 123 cm³/mol. The molecule has 0 aliphatic heterocycles. The van der Waals surface area contributed by atoms with Crippen molar-refractivity contribution in [2.24, 2.45) is 5.92 Å². The lowest BCUT2D eigenvalue weighted by molar-refractivity contribution is 0.594. The maximum atomic E-state index is 14.6. The van der Waals surface area contributed by atoms with Gasteiger partial charge in [-0.25, -0.2) is 19.3 Å². The van der Waals surface area contributed by atoms with Gasteiger partial charge in [-0.05, 0) is 55.0 Å². The maximum absolute atomic E-state index is 14.6. The van der Waals surface area contributed by atoms with Crippen LogP contribution in [0, 0.1) is 11.7 Å². The van der Waals surface area contributed by atoms with E-state index in [0.717, 1.165) is 35.9 Å². The number of benzene rings is 1. The Kier molecular flexibility index (Phi) is 5.07. The summed E-state index contributed by atoms with van der Waals surface area (Å²) in [6.07, 6.45) is 8.50. The number of hydrogen-bond acceptors (Lipinski definition) is 4. The molecule has 0 radical (unpaired) electrons. The van der Waals surface area contributed by atoms with Gasteiger partial charge in [0.05, 0.1) is 22.0 Å². The average molecular weight is 456 g/mol. The highest BCUT2D eigenvalue weighted by molar-refractivity contribution is 6.34. The van der Waals surface area contributed by atoms with E-state index < -0.39 is 0 Å². The number of nitrogen functional groups attached to an aromatic ring is 1. The number of nitrogens with two attached hydrogens (primary N) is 1. The van der Waals surface area contributed by atoms with Crippen LogP contribution in [0.1, 0.15) is 31.4 Å². The fourth-order valence-corrected chi connectivity index (χ4v) is 4.79. The summed E-state index contributed by atoms with van der Waals surface area (Å²) in [4.78, 5) is 12.7. The first kappa shape index (κ1) is 20.2. The van der Waals surface area contributed by atoms with Crippen LogP contribution < -0.4 is 5.73 Å². The molecule has 31 heavy (non-hydrogen) atoms. The summed E-state index contributed by atoms with van der Waals surface area (Å²) in [6.45, 7) is 2.17. The second-order valence-electron chi connectivity index (χ2n) is 8.08. The van der Waals surface area contributed by atoms with Gasteiger partial charge in [0, 0.05) is 11.6 Å². The van der Waals surface area contributed by atoms with Gasteiger partial charge in [-0.3, -0.25) is 0 Å². The van der Waals surface area contributed by atoms with Gasteiger partial charge in [-0.1, -0.05) is 41.8 Å². The van der Waals surface area contributed by atoms with Crippen molar-refractivity contribution >= 4 is 51.0 Å². The standard InChI is InChI=1S/C23H20Cl2FN5/c1-12(6-13-7-19(26)17-10-18(24)22(27)30-20(17)8-13)14-2-3-15(9-14)31-5-4-16-21(25)28-11-29-23(16)31/h4-5,7-12,15H,2-3,6H2,1H3,(H2,27,30). The van der Waals surface area contributed by atoms with Gasteiger partial charge >= 0.3 is 0 Å². The lowest BCUT2D eigenvalue weighted by Crippen LogP contribution is -2.04. The van der Waals surface area contributed by atoms with Crippen LogP contribution in [0.2, 0.25) is 10.2 Å². The Balaban J connectivity index is 1.40. The molecule has 1 aliphatic rings. The molecule has 4 aromatic rings. The van der Waals surface area contributed by atoms with Crippen LogP contribution in [0.3, 0.4) is 0 Å². The third-order valence-electron chi connectivity index (χ3n) is 6.05. The third-order valence-corrected chi connectivity index (χ3v) is 6.66. The van der Waals surface area contributed by atoms with E-state index in [0.29, 0.717) is 16.1 Å². The highest BCUT2D eigenvalue weighted by Gasteiger charge is 2.23. The molecule has 0 fully saturated rings. The van der Waals surface area contributed by atoms with Crippen LogP contribution in [-0.4, -0.2) is 19.5 Å². The summed E-state index contributed by atoms with van der Waals surface area (Å²) in [5.41, 5.74) is 9.42. The second kappa shape index (κ2) is 7.77. The van der Waals surface area contributed by atoms with E-state index in [1.165, 1.54) is 18.0 Å². The van der Waals surface area contributed by atoms with Gasteiger partial charge in [0.25, 0.3) is 0 Å². The number of nitrogens with zero attached hydrogens (tertiary/aromatic N) is 4. The predicted octanol–water partition coefficient (Wildman–Crippen LogP) is 6.15. The van der Waals surface area contributed by atoms with Gasteiger partial charge in [-0.2, -0.15) is 0 Å². The van der Waals surface area contributed by atoms with Crippen LogP contribution in [0.5, 0.6) is 0 Å². The molecule has 2 unspecified atom stereocenters. The molecule has 1 aromatic carbocycles. The molecule has 158 valence electrons. The van der Waals surface area contributed by atoms with E-state index in [2.05, 4.69) is 32.5 Å². The molecule has 3 heterocycles. The molecule has 8 heteroatoms. The van der Waals surface area contributed by atoms with Crippen molar-refractivity contribution in [1.29, 1.82) is 0 Å². The van der Waals surface area contributed by atoms with E-state index >= 15 is 0 Å². The number of pyridine rings is 1. The number of halogens is 3. The summed E-state index contributed by atoms with van der Waals surface area (Å²) < 4.78 is 16.8. The van der Waals surface area contributed by atoms with Gasteiger partial charge in [0.2, 0.25) is 0 Å². The summed E-state index contributed by atoms with van der Waals surface area (Å²) in [7, 11) is 0. The minimum atomic E-state index is -0.331. The third kappa shape index (κ3) is 3.64. The second-order valence-corrected chi connectivity index (χ2v) is 8.84. The smallest absolute Gasteiger partial charge is 0.145 e. The minimum absolute atomic E-state index is 0.211. The number of fused-ring (bicyclic) bond motifs is 2. The normalized spacial score (nSPS) is 17.4. The van der Waals surface area contributed by atoms with Crippen LogP contribution in [0.25, 0.3) is 21.9 Å². The number of aromatic nitrogens is 4. The minimum Gasteiger partial charge on any atom is -0.382 e. The van der Waals surface area contributed by atoms with Gasteiger partial charge in [0.1, 0.15) is 28.8 Å². The monoisotopic (exact) mass is 455 g/mol. The zero-order valence-corrected chi connectivity index (χ0v) is 18.3. The van der Waals surface area contributed by atoms with E-state index in [4.69, 9.17) is 28.9 Å². The summed E-state index contributed by atoms with van der Waals surface area (Å²) in [5.74, 6) is 0.150. The Morgan fingerprint density at radius 3 is 2.90 bits per heavy atom. The topological polar surface area (TPSA) is 69.6 Å². The molecule has 1 aliphatic carbocycles. The van der Waals surface area contributed by atoms with Crippen LogP contribution in [0.4, 0.5) is 10.2 Å². The summed E-state index contributed by atoms with van der Waals surface area (Å²) >= 11 is 12.2. The first-order valence-electron chi connectivity index (χ1n) is 10.1. The van der Waals surface area contributed by atoms with Gasteiger partial charge in [0.15, 0.2) is 0 Å². The van der Waals surface area contributed by atoms with Crippen molar-refractivity contribution in [3.05, 3.63) is 70.0 Å². The van der Waals surface area contributed by atoms with E-state index in [1.807, 2.05) is 18.3 Å². The fourth-order valence-electron chi connectivity index (χ4n) is 4.45. The Labute approximate surface area is 188 Å². The van der Waals surface area contributed by atoms with Crippen molar-refractivity contribution in [3.8, 4) is 0 Å². The average Bonchev–Trinajstić information content (AvgIpc) is 3.37. The van der Waals surface area contributed by atoms with Gasteiger partial charge in [-0.15, -0.1) is 0 Å². The molecule has 0 bridgehead atoms. The van der Waals surface area contributed by atoms with Crippen molar-refractivity contribution in [1.82, 2.24) is 19.5 Å². The van der Waals surface area contributed by atoms with E-state index in [1.54, 1.807) is 6.07 Å². The van der Waals surface area contributed by atoms with Crippen molar-refractivity contribution in [2.45, 2.75) is 32.2 Å². The Bertz CT molecular complexity index is 1350. The lowest BCUT2D eigenvalue weighted by Gasteiger charge is -2.14. The van der Waals surface area contributed by atoms with Crippen LogP contribution in [-0.2, 0) is 6.42 Å². The molecule has 5 nitrogen and oxygen atoms in total. The van der Waals surface area contributed by atoms with Crippen molar-refractivity contribution in [3.63, 3.8) is 0 Å².